The molecule has 0 amide bonds. The first-order chi connectivity index (χ1) is 10.1. The lowest BCUT2D eigenvalue weighted by atomic mass is 10.3. The first-order valence-corrected chi connectivity index (χ1v) is 7.49. The number of ether oxygens (including phenoxy) is 1. The van der Waals surface area contributed by atoms with Gasteiger partial charge in [-0.25, -0.2) is 4.39 Å². The Balaban J connectivity index is 2.25. The Labute approximate surface area is 135 Å². The van der Waals surface area contributed by atoms with Crippen molar-refractivity contribution in [2.45, 2.75) is 13.3 Å². The molecule has 112 valence electrons. The molecule has 0 radical (unpaired) electrons. The van der Waals surface area contributed by atoms with Crippen LogP contribution in [0.3, 0.4) is 0 Å². The summed E-state index contributed by atoms with van der Waals surface area (Å²) < 4.78 is 19.3. The maximum Gasteiger partial charge on any atom is 0.323 e. The number of anilines is 3. The van der Waals surface area contributed by atoms with E-state index in [2.05, 4.69) is 25.6 Å². The Bertz CT molecular complexity index is 626. The Morgan fingerprint density at radius 3 is 2.67 bits per heavy atom. The molecule has 2 N–H and O–H groups in total. The molecule has 0 saturated heterocycles. The van der Waals surface area contributed by atoms with E-state index in [0.29, 0.717) is 24.2 Å². The minimum atomic E-state index is -0.288. The van der Waals surface area contributed by atoms with Crippen molar-refractivity contribution >= 4 is 40.2 Å². The number of nitrogens with zero attached hydrogens (tertiary/aromatic N) is 3. The van der Waals surface area contributed by atoms with E-state index in [1.54, 1.807) is 13.1 Å². The number of hydrogen-bond donors (Lipinski definition) is 2. The van der Waals surface area contributed by atoms with Crippen LogP contribution in [0.4, 0.5) is 22.0 Å². The molecule has 2 rings (SSSR count). The summed E-state index contributed by atoms with van der Waals surface area (Å²) in [6.45, 7) is 2.53. The third-order valence-electron chi connectivity index (χ3n) is 2.45. The van der Waals surface area contributed by atoms with Crippen molar-refractivity contribution in [1.82, 2.24) is 15.0 Å². The van der Waals surface area contributed by atoms with Gasteiger partial charge in [0.1, 0.15) is 5.82 Å². The largest absolute Gasteiger partial charge is 0.463 e. The van der Waals surface area contributed by atoms with Crippen LogP contribution in [-0.4, -0.2) is 28.6 Å². The highest BCUT2D eigenvalue weighted by Gasteiger charge is 2.09. The molecule has 0 bridgehead atoms. The summed E-state index contributed by atoms with van der Waals surface area (Å²) in [7, 11) is 1.71. The standard InChI is InChI=1S/C13H15FIN5O/c1-3-6-21-13-19-11(16-2)18-12(20-13)17-10-5-4-8(14)7-9(10)15/h4-5,7H,3,6H2,1-2H3,(H2,16,17,18,19,20). The van der Waals surface area contributed by atoms with Gasteiger partial charge >= 0.3 is 6.01 Å². The van der Waals surface area contributed by atoms with Crippen LogP contribution in [0.2, 0.25) is 0 Å². The Morgan fingerprint density at radius 2 is 2.00 bits per heavy atom. The lowest BCUT2D eigenvalue weighted by molar-refractivity contribution is 0.292. The van der Waals surface area contributed by atoms with Gasteiger partial charge in [0.05, 0.1) is 12.3 Å². The number of hydrogen-bond acceptors (Lipinski definition) is 6. The smallest absolute Gasteiger partial charge is 0.323 e. The third-order valence-corrected chi connectivity index (χ3v) is 3.34. The molecule has 1 aromatic heterocycles. The zero-order valence-corrected chi connectivity index (χ0v) is 13.8. The highest BCUT2D eigenvalue weighted by Crippen LogP contribution is 2.23. The first kappa shape index (κ1) is 15.7. The van der Waals surface area contributed by atoms with Gasteiger partial charge in [-0.15, -0.1) is 0 Å². The molecule has 0 atom stereocenters. The molecule has 21 heavy (non-hydrogen) atoms. The van der Waals surface area contributed by atoms with Crippen LogP contribution >= 0.6 is 22.6 Å². The lowest BCUT2D eigenvalue weighted by Crippen LogP contribution is -2.08. The molecule has 0 unspecified atom stereocenters. The highest BCUT2D eigenvalue weighted by molar-refractivity contribution is 14.1. The van der Waals surface area contributed by atoms with E-state index in [1.807, 2.05) is 29.5 Å². The number of benzene rings is 1. The van der Waals surface area contributed by atoms with E-state index in [4.69, 9.17) is 4.74 Å². The molecule has 8 heteroatoms. The second kappa shape index (κ2) is 7.34. The molecule has 2 aromatic rings. The summed E-state index contributed by atoms with van der Waals surface area (Å²) in [6.07, 6.45) is 0.860. The van der Waals surface area contributed by atoms with Crippen LogP contribution in [0.1, 0.15) is 13.3 Å². The number of nitrogens with one attached hydrogen (secondary N) is 2. The summed E-state index contributed by atoms with van der Waals surface area (Å²) in [5, 5.41) is 5.88. The average molecular weight is 403 g/mol. The van der Waals surface area contributed by atoms with Crippen LogP contribution in [0.25, 0.3) is 0 Å². The van der Waals surface area contributed by atoms with Crippen molar-refractivity contribution in [3.63, 3.8) is 0 Å². The number of rotatable bonds is 6. The van der Waals surface area contributed by atoms with Gasteiger partial charge in [-0.3, -0.25) is 0 Å². The van der Waals surface area contributed by atoms with Crippen LogP contribution in [0, 0.1) is 9.39 Å². The van der Waals surface area contributed by atoms with Crippen molar-refractivity contribution in [1.29, 1.82) is 0 Å². The molecule has 1 heterocycles. The fourth-order valence-electron chi connectivity index (χ4n) is 1.49. The van der Waals surface area contributed by atoms with E-state index in [0.717, 1.165) is 9.99 Å². The van der Waals surface area contributed by atoms with Crippen molar-refractivity contribution in [3.8, 4) is 6.01 Å². The van der Waals surface area contributed by atoms with Gasteiger partial charge in [0, 0.05) is 10.6 Å². The zero-order chi connectivity index (χ0) is 15.2. The SMILES string of the molecule is CCCOc1nc(NC)nc(Nc2ccc(F)cc2I)n1. The Kier molecular flexibility index (Phi) is 5.48. The predicted molar refractivity (Wildman–Crippen MR) is 87.6 cm³/mol. The van der Waals surface area contributed by atoms with Crippen LogP contribution < -0.4 is 15.4 Å². The summed E-state index contributed by atoms with van der Waals surface area (Å²) in [5.74, 6) is 0.448. The van der Waals surface area contributed by atoms with E-state index >= 15 is 0 Å². The molecule has 1 aromatic carbocycles. The van der Waals surface area contributed by atoms with Crippen molar-refractivity contribution in [2.24, 2.45) is 0 Å². The second-order valence-corrected chi connectivity index (χ2v) is 5.28. The van der Waals surface area contributed by atoms with Crippen LogP contribution in [0.15, 0.2) is 18.2 Å². The molecule has 0 spiro atoms. The molecule has 0 aliphatic rings. The Morgan fingerprint density at radius 1 is 1.24 bits per heavy atom. The first-order valence-electron chi connectivity index (χ1n) is 6.41. The lowest BCUT2D eigenvalue weighted by Gasteiger charge is -2.10. The number of aromatic nitrogens is 3. The average Bonchev–Trinajstić information content (AvgIpc) is 2.48. The fraction of sp³-hybridized carbons (Fsp3) is 0.308. The van der Waals surface area contributed by atoms with Crippen molar-refractivity contribution in [2.75, 3.05) is 24.3 Å². The Hall–Kier alpha value is -1.71. The van der Waals surface area contributed by atoms with Crippen molar-refractivity contribution < 1.29 is 9.13 Å². The minimum absolute atomic E-state index is 0.246. The van der Waals surface area contributed by atoms with Crippen LogP contribution in [-0.2, 0) is 0 Å². The van der Waals surface area contributed by atoms with E-state index < -0.39 is 0 Å². The van der Waals surface area contributed by atoms with Gasteiger partial charge in [0.25, 0.3) is 0 Å². The monoisotopic (exact) mass is 403 g/mol. The van der Waals surface area contributed by atoms with Gasteiger partial charge in [0.15, 0.2) is 0 Å². The van der Waals surface area contributed by atoms with E-state index in [9.17, 15) is 4.39 Å². The van der Waals surface area contributed by atoms with E-state index in [1.165, 1.54) is 12.1 Å². The van der Waals surface area contributed by atoms with Crippen LogP contribution in [0.5, 0.6) is 6.01 Å². The number of halogens is 2. The summed E-state index contributed by atoms with van der Waals surface area (Å²) in [5.41, 5.74) is 0.715. The predicted octanol–water partition coefficient (Wildman–Crippen LogP) is 3.19. The van der Waals surface area contributed by atoms with Gasteiger partial charge < -0.3 is 15.4 Å². The molecular formula is C13H15FIN5O. The summed E-state index contributed by atoms with van der Waals surface area (Å²) in [4.78, 5) is 12.5. The third kappa shape index (κ3) is 4.38. The van der Waals surface area contributed by atoms with Gasteiger partial charge in [-0.1, -0.05) is 6.92 Å². The molecule has 0 aliphatic heterocycles. The maximum atomic E-state index is 13.1. The zero-order valence-electron chi connectivity index (χ0n) is 11.7. The maximum absolute atomic E-state index is 13.1. The van der Waals surface area contributed by atoms with E-state index in [-0.39, 0.29) is 11.8 Å². The van der Waals surface area contributed by atoms with Gasteiger partial charge in [0.2, 0.25) is 11.9 Å². The fourth-order valence-corrected chi connectivity index (χ4v) is 2.11. The van der Waals surface area contributed by atoms with Crippen molar-refractivity contribution in [3.05, 3.63) is 27.6 Å². The molecule has 0 aliphatic carbocycles. The van der Waals surface area contributed by atoms with Gasteiger partial charge in [-0.2, -0.15) is 15.0 Å². The molecule has 0 fully saturated rings. The topological polar surface area (TPSA) is 72.0 Å². The summed E-state index contributed by atoms with van der Waals surface area (Å²) >= 11 is 2.04. The highest BCUT2D eigenvalue weighted by atomic mass is 127. The molecule has 6 nitrogen and oxygen atoms in total. The second-order valence-electron chi connectivity index (χ2n) is 4.11. The minimum Gasteiger partial charge on any atom is -0.463 e. The molecular weight excluding hydrogens is 388 g/mol. The molecule has 0 saturated carbocycles. The normalized spacial score (nSPS) is 10.3. The summed E-state index contributed by atoms with van der Waals surface area (Å²) in [6, 6.07) is 4.68. The van der Waals surface area contributed by atoms with Gasteiger partial charge in [-0.05, 0) is 47.2 Å². The quantitative estimate of drug-likeness (QED) is 0.722.